The Hall–Kier alpha value is -6.53. The molecule has 0 bridgehead atoms. The van der Waals surface area contributed by atoms with Crippen LogP contribution in [0.3, 0.4) is 0 Å². The first-order valence-corrected chi connectivity index (χ1v) is 22.2. The Morgan fingerprint density at radius 2 is 1.54 bits per heavy atom. The van der Waals surface area contributed by atoms with Gasteiger partial charge < -0.3 is 35.5 Å². The number of urea groups is 1. The fourth-order valence-corrected chi connectivity index (χ4v) is 10.4. The number of rotatable bonds is 10. The molecular weight excluding hydrogens is 829 g/mol. The minimum absolute atomic E-state index is 0.0627. The van der Waals surface area contributed by atoms with Crippen molar-refractivity contribution >= 4 is 35.5 Å². The van der Waals surface area contributed by atoms with Gasteiger partial charge in [0, 0.05) is 11.1 Å². The number of ether oxygens (including phenoxy) is 3. The Kier molecular flexibility index (Phi) is 12.8. The summed E-state index contributed by atoms with van der Waals surface area (Å²) in [5.41, 5.74) is 5.36. The molecular formula is C51H54N4O10. The number of morpholine rings is 1. The summed E-state index contributed by atoms with van der Waals surface area (Å²) in [6, 6.07) is 24.3. The van der Waals surface area contributed by atoms with Crippen molar-refractivity contribution in [3.8, 4) is 17.6 Å². The van der Waals surface area contributed by atoms with Crippen LogP contribution in [0.2, 0.25) is 0 Å². The van der Waals surface area contributed by atoms with Crippen molar-refractivity contribution in [2.24, 2.45) is 17.6 Å². The number of methoxy groups -OCH3 is 1. The summed E-state index contributed by atoms with van der Waals surface area (Å²) in [6.07, 6.45) is 3.56. The maximum Gasteiger partial charge on any atom is 0.329 e. The Morgan fingerprint density at radius 1 is 0.892 bits per heavy atom. The summed E-state index contributed by atoms with van der Waals surface area (Å²) in [5, 5.41) is 24.3. The van der Waals surface area contributed by atoms with E-state index in [1.54, 1.807) is 56.3 Å². The number of carbonyl (C=O) groups excluding carboxylic acids is 5. The highest BCUT2D eigenvalue weighted by Crippen LogP contribution is 2.66. The highest BCUT2D eigenvalue weighted by molar-refractivity contribution is 6.25. The average molecular weight is 883 g/mol. The highest BCUT2D eigenvalue weighted by atomic mass is 16.6. The van der Waals surface area contributed by atoms with Gasteiger partial charge in [-0.05, 0) is 72.6 Å². The average Bonchev–Trinajstić information content (AvgIpc) is 3.65. The van der Waals surface area contributed by atoms with Crippen LogP contribution in [0.15, 0.2) is 103 Å². The number of nitrogens with two attached hydrogens (primary N) is 1. The van der Waals surface area contributed by atoms with Gasteiger partial charge in [0.1, 0.15) is 41.6 Å². The largest absolute Gasteiger partial charge is 0.491 e. The first-order chi connectivity index (χ1) is 31.4. The fraction of sp³-hybridized carbons (Fsp3) is 0.392. The number of hydrogen-bond acceptors (Lipinski definition) is 11. The van der Waals surface area contributed by atoms with E-state index < -0.39 is 82.9 Å². The van der Waals surface area contributed by atoms with Gasteiger partial charge in [-0.15, -0.1) is 0 Å². The van der Waals surface area contributed by atoms with Gasteiger partial charge in [0.15, 0.2) is 0 Å². The highest BCUT2D eigenvalue weighted by Gasteiger charge is 2.75. The number of aliphatic hydroxyl groups is 2. The molecule has 0 aromatic heterocycles. The fourth-order valence-electron chi connectivity index (χ4n) is 10.4. The molecule has 4 aliphatic rings. The third-order valence-electron chi connectivity index (χ3n) is 13.3. The molecule has 14 nitrogen and oxygen atoms in total. The second-order valence-electron chi connectivity index (χ2n) is 17.5. The molecule has 3 heterocycles. The van der Waals surface area contributed by atoms with Crippen molar-refractivity contribution in [1.82, 2.24) is 10.2 Å². The van der Waals surface area contributed by atoms with Gasteiger partial charge in [0.05, 0.1) is 37.4 Å². The van der Waals surface area contributed by atoms with Crippen molar-refractivity contribution < 1.29 is 48.4 Å². The first-order valence-electron chi connectivity index (χ1n) is 22.2. The first kappa shape index (κ1) is 45.1. The molecule has 4 aromatic rings. The number of esters is 2. The number of cyclic esters (lactones) is 1. The second-order valence-corrected chi connectivity index (χ2v) is 17.5. The SMILES string of the molecule is COC(=O)C(NC(=O)N1C(=O)C2(c3cc(C#CC4(O)CCCCCC4)ccc31)C(C(N)=O)C1C(=O)OC(c3ccccc3)C(c3ccccc3)N1C2c1ccccc1OCCO)C(C)C. The van der Waals surface area contributed by atoms with Crippen molar-refractivity contribution in [1.29, 1.82) is 0 Å². The lowest BCUT2D eigenvalue weighted by molar-refractivity contribution is -0.178. The molecule has 2 saturated heterocycles. The molecule has 4 amide bonds. The van der Waals surface area contributed by atoms with E-state index in [1.807, 2.05) is 65.6 Å². The summed E-state index contributed by atoms with van der Waals surface area (Å²) in [7, 11) is 1.20. The predicted molar refractivity (Wildman–Crippen MR) is 239 cm³/mol. The van der Waals surface area contributed by atoms with E-state index in [2.05, 4.69) is 17.2 Å². The lowest BCUT2D eigenvalue weighted by Gasteiger charge is -2.46. The number of para-hydroxylation sites is 1. The Labute approximate surface area is 378 Å². The molecule has 338 valence electrons. The number of nitrogens with zero attached hydrogens (tertiary/aromatic N) is 2. The van der Waals surface area contributed by atoms with Gasteiger partial charge >= 0.3 is 18.0 Å². The van der Waals surface area contributed by atoms with E-state index in [9.17, 15) is 24.6 Å². The van der Waals surface area contributed by atoms with Crippen molar-refractivity contribution in [3.05, 3.63) is 131 Å². The van der Waals surface area contributed by atoms with Gasteiger partial charge in [-0.25, -0.2) is 14.5 Å². The quantitative estimate of drug-likeness (QED) is 0.0885. The van der Waals surface area contributed by atoms with Crippen molar-refractivity contribution in [3.63, 3.8) is 0 Å². The van der Waals surface area contributed by atoms with Crippen LogP contribution in [-0.2, 0) is 34.1 Å². The molecule has 8 rings (SSSR count). The van der Waals surface area contributed by atoms with Crippen molar-refractivity contribution in [2.75, 3.05) is 25.2 Å². The maximum atomic E-state index is 16.3. The number of benzene rings is 4. The molecule has 3 fully saturated rings. The van der Waals surface area contributed by atoms with Crippen LogP contribution in [0.25, 0.3) is 0 Å². The van der Waals surface area contributed by atoms with Gasteiger partial charge in [-0.1, -0.05) is 117 Å². The van der Waals surface area contributed by atoms with Crippen LogP contribution in [0.4, 0.5) is 10.5 Å². The minimum atomic E-state index is -2.19. The van der Waals surface area contributed by atoms with Crippen LogP contribution in [0.1, 0.15) is 98.4 Å². The minimum Gasteiger partial charge on any atom is -0.491 e. The number of nitrogens with one attached hydrogen (secondary N) is 1. The number of fused-ring (bicyclic) bond motifs is 3. The normalized spacial score (nSPS) is 25.1. The Bertz CT molecular complexity index is 2510. The van der Waals surface area contributed by atoms with Gasteiger partial charge in [-0.3, -0.25) is 19.3 Å². The molecule has 4 aromatic carbocycles. The number of aliphatic hydroxyl groups excluding tert-OH is 1. The number of hydrogen-bond donors (Lipinski definition) is 4. The van der Waals surface area contributed by atoms with Crippen LogP contribution in [0, 0.1) is 23.7 Å². The van der Waals surface area contributed by atoms with Gasteiger partial charge in [-0.2, -0.15) is 0 Å². The summed E-state index contributed by atoms with van der Waals surface area (Å²) in [4.78, 5) is 76.7. The van der Waals surface area contributed by atoms with E-state index in [0.717, 1.165) is 30.6 Å². The van der Waals surface area contributed by atoms with Crippen LogP contribution >= 0.6 is 0 Å². The summed E-state index contributed by atoms with van der Waals surface area (Å²) in [5.74, 6) is 0.869. The number of imide groups is 1. The number of carbonyl (C=O) groups is 5. The standard InChI is InChI=1S/C51H54N4O10/c1-31(2)40(46(58)63-3)53-49(61)54-37-23-22-32(24-27-50(62)25-14-4-5-15-26-50)30-36(37)51(48(54)60)39(45(52)57)42-47(59)65-43(34-18-10-7-11-19-34)41(33-16-8-6-9-17-33)55(42)44(51)35-20-12-13-21-38(35)64-29-28-56/h6-13,16-23,30-31,39-44,56,62H,4-5,14-15,25-26,28-29H2,1-3H3,(H2,52,57)(H,53,61). The second kappa shape index (κ2) is 18.5. The molecule has 7 unspecified atom stereocenters. The van der Waals surface area contributed by atoms with Crippen molar-refractivity contribution in [2.45, 2.75) is 93.7 Å². The predicted octanol–water partition coefficient (Wildman–Crippen LogP) is 5.55. The van der Waals surface area contributed by atoms with Crippen LogP contribution in [0.5, 0.6) is 5.75 Å². The third-order valence-corrected chi connectivity index (χ3v) is 13.3. The van der Waals surface area contributed by atoms with E-state index in [4.69, 9.17) is 19.9 Å². The van der Waals surface area contributed by atoms with E-state index in [-0.39, 0.29) is 30.2 Å². The van der Waals surface area contributed by atoms with E-state index in [0.29, 0.717) is 35.1 Å². The smallest absolute Gasteiger partial charge is 0.329 e. The van der Waals surface area contributed by atoms with Crippen LogP contribution in [-0.4, -0.2) is 82.9 Å². The number of anilines is 1. The monoisotopic (exact) mass is 882 g/mol. The maximum absolute atomic E-state index is 16.3. The zero-order valence-corrected chi connectivity index (χ0v) is 36.6. The van der Waals surface area contributed by atoms with Crippen LogP contribution < -0.4 is 20.7 Å². The van der Waals surface area contributed by atoms with Gasteiger partial charge in [0.25, 0.3) is 0 Å². The summed E-state index contributed by atoms with van der Waals surface area (Å²) >= 11 is 0. The molecule has 5 N–H and O–H groups in total. The number of primary amides is 1. The van der Waals surface area contributed by atoms with E-state index in [1.165, 1.54) is 7.11 Å². The summed E-state index contributed by atoms with van der Waals surface area (Å²) < 4.78 is 17.7. The van der Waals surface area contributed by atoms with E-state index >= 15 is 9.59 Å². The lowest BCUT2D eigenvalue weighted by Crippen LogP contribution is -2.57. The Morgan fingerprint density at radius 3 is 2.17 bits per heavy atom. The zero-order chi connectivity index (χ0) is 46.0. The third kappa shape index (κ3) is 8.02. The number of amides is 4. The molecule has 1 aliphatic carbocycles. The topological polar surface area (TPSA) is 198 Å². The molecule has 3 aliphatic heterocycles. The summed E-state index contributed by atoms with van der Waals surface area (Å²) in [6.45, 7) is 2.94. The molecule has 65 heavy (non-hydrogen) atoms. The molecule has 1 saturated carbocycles. The molecule has 7 atom stereocenters. The van der Waals surface area contributed by atoms with Gasteiger partial charge in [0.2, 0.25) is 11.8 Å². The Balaban J connectivity index is 1.45. The molecule has 0 radical (unpaired) electrons. The molecule has 14 heteroatoms. The molecule has 1 spiro atoms. The lowest BCUT2D eigenvalue weighted by atomic mass is 9.65. The zero-order valence-electron chi connectivity index (χ0n) is 36.6.